The van der Waals surface area contributed by atoms with E-state index < -0.39 is 15.9 Å². The summed E-state index contributed by atoms with van der Waals surface area (Å²) in [5.74, 6) is -0.731. The summed E-state index contributed by atoms with van der Waals surface area (Å²) in [5, 5.41) is 5.25. The van der Waals surface area contributed by atoms with E-state index in [4.69, 9.17) is 0 Å². The topological polar surface area (TPSA) is 95.6 Å². The van der Waals surface area contributed by atoms with Gasteiger partial charge in [-0.05, 0) is 42.5 Å². The second-order valence-electron chi connectivity index (χ2n) is 5.56. The molecule has 0 heterocycles. The molecule has 2 aromatic rings. The predicted molar refractivity (Wildman–Crippen MR) is 106 cm³/mol. The maximum absolute atomic E-state index is 12.3. The summed E-state index contributed by atoms with van der Waals surface area (Å²) >= 11 is 3.29. The lowest BCUT2D eigenvalue weighted by atomic mass is 10.2. The number of amides is 2. The molecular formula is C17H18BrN3O4S. The number of halogens is 1. The Morgan fingerprint density at radius 3 is 2.15 bits per heavy atom. The van der Waals surface area contributed by atoms with Gasteiger partial charge in [0.2, 0.25) is 21.8 Å². The van der Waals surface area contributed by atoms with Crippen molar-refractivity contribution in [2.75, 3.05) is 27.7 Å². The Labute approximate surface area is 160 Å². The fourth-order valence-electron chi connectivity index (χ4n) is 2.22. The third kappa shape index (κ3) is 5.85. The van der Waals surface area contributed by atoms with Crippen LogP contribution in [0.2, 0.25) is 0 Å². The average Bonchev–Trinajstić information content (AvgIpc) is 2.52. The highest BCUT2D eigenvalue weighted by atomic mass is 79.9. The first-order valence-corrected chi connectivity index (χ1v) is 10.2. The molecule has 0 saturated carbocycles. The highest BCUT2D eigenvalue weighted by molar-refractivity contribution is 9.10. The molecule has 0 aliphatic rings. The van der Waals surface area contributed by atoms with E-state index in [-0.39, 0.29) is 12.5 Å². The lowest BCUT2D eigenvalue weighted by Crippen LogP contribution is -2.37. The van der Waals surface area contributed by atoms with Crippen molar-refractivity contribution in [3.63, 3.8) is 0 Å². The predicted octanol–water partition coefficient (Wildman–Crippen LogP) is 2.81. The second-order valence-corrected chi connectivity index (χ2v) is 8.38. The average molecular weight is 440 g/mol. The number of hydrogen-bond donors (Lipinski definition) is 2. The molecule has 2 rings (SSSR count). The van der Waals surface area contributed by atoms with E-state index in [0.29, 0.717) is 17.1 Å². The Hall–Kier alpha value is -2.39. The van der Waals surface area contributed by atoms with Crippen LogP contribution in [0.4, 0.5) is 17.1 Å². The van der Waals surface area contributed by atoms with Gasteiger partial charge in [-0.2, -0.15) is 0 Å². The maximum atomic E-state index is 12.3. The Kier molecular flexibility index (Phi) is 6.38. The number of nitrogens with one attached hydrogen (secondary N) is 2. The summed E-state index contributed by atoms with van der Waals surface area (Å²) < 4.78 is 26.0. The van der Waals surface area contributed by atoms with Crippen LogP contribution in [0.3, 0.4) is 0 Å². The molecule has 138 valence electrons. The molecule has 0 unspecified atom stereocenters. The van der Waals surface area contributed by atoms with Crippen molar-refractivity contribution in [3.8, 4) is 0 Å². The monoisotopic (exact) mass is 439 g/mol. The van der Waals surface area contributed by atoms with Crippen LogP contribution in [0.25, 0.3) is 0 Å². The van der Waals surface area contributed by atoms with E-state index >= 15 is 0 Å². The fourth-order valence-corrected chi connectivity index (χ4v) is 3.34. The van der Waals surface area contributed by atoms with Gasteiger partial charge in [0.15, 0.2) is 0 Å². The number of hydrogen-bond acceptors (Lipinski definition) is 4. The third-order valence-electron chi connectivity index (χ3n) is 3.27. The minimum Gasteiger partial charge on any atom is -0.326 e. The molecule has 0 aliphatic heterocycles. The molecule has 0 bridgehead atoms. The Morgan fingerprint density at radius 2 is 1.62 bits per heavy atom. The number of rotatable bonds is 6. The van der Waals surface area contributed by atoms with Gasteiger partial charge >= 0.3 is 0 Å². The van der Waals surface area contributed by atoms with E-state index in [1.54, 1.807) is 48.5 Å². The Morgan fingerprint density at radius 1 is 1.04 bits per heavy atom. The number of carbonyl (C=O) groups is 2. The molecule has 7 nitrogen and oxygen atoms in total. The first kappa shape index (κ1) is 19.9. The van der Waals surface area contributed by atoms with Gasteiger partial charge in [0.1, 0.15) is 6.54 Å². The van der Waals surface area contributed by atoms with E-state index in [9.17, 15) is 18.0 Å². The summed E-state index contributed by atoms with van der Waals surface area (Å²) in [6, 6.07) is 13.2. The van der Waals surface area contributed by atoms with Gasteiger partial charge in [0, 0.05) is 22.8 Å². The zero-order valence-corrected chi connectivity index (χ0v) is 16.6. The number of nitrogens with zero attached hydrogens (tertiary/aromatic N) is 1. The van der Waals surface area contributed by atoms with Crippen molar-refractivity contribution >= 4 is 54.8 Å². The van der Waals surface area contributed by atoms with Gasteiger partial charge in [-0.15, -0.1) is 0 Å². The van der Waals surface area contributed by atoms with Crippen LogP contribution in [-0.2, 0) is 19.6 Å². The lowest BCUT2D eigenvalue weighted by molar-refractivity contribution is -0.115. The van der Waals surface area contributed by atoms with Gasteiger partial charge in [-0.1, -0.05) is 22.0 Å². The van der Waals surface area contributed by atoms with Gasteiger partial charge in [-0.3, -0.25) is 13.9 Å². The van der Waals surface area contributed by atoms with Crippen molar-refractivity contribution in [3.05, 3.63) is 53.0 Å². The van der Waals surface area contributed by atoms with Crippen LogP contribution in [0.5, 0.6) is 0 Å². The molecule has 0 spiro atoms. The third-order valence-corrected chi connectivity index (χ3v) is 4.94. The van der Waals surface area contributed by atoms with Crippen LogP contribution in [0.15, 0.2) is 53.0 Å². The van der Waals surface area contributed by atoms with Crippen molar-refractivity contribution in [1.29, 1.82) is 0 Å². The van der Waals surface area contributed by atoms with Crippen LogP contribution in [0.1, 0.15) is 6.92 Å². The number of benzene rings is 2. The normalized spacial score (nSPS) is 10.9. The number of sulfonamides is 1. The molecule has 0 saturated heterocycles. The molecular weight excluding hydrogens is 422 g/mol. The van der Waals surface area contributed by atoms with Crippen molar-refractivity contribution in [1.82, 2.24) is 0 Å². The quantitative estimate of drug-likeness (QED) is 0.722. The van der Waals surface area contributed by atoms with Crippen LogP contribution in [-0.4, -0.2) is 33.0 Å². The smallest absolute Gasteiger partial charge is 0.245 e. The molecule has 0 aromatic heterocycles. The summed E-state index contributed by atoms with van der Waals surface area (Å²) in [5.41, 5.74) is 1.37. The minimum atomic E-state index is -3.64. The first-order valence-electron chi connectivity index (χ1n) is 7.56. The largest absolute Gasteiger partial charge is 0.326 e. The number of carbonyl (C=O) groups excluding carboxylic acids is 2. The minimum absolute atomic E-state index is 0.230. The van der Waals surface area contributed by atoms with E-state index in [1.807, 2.05) is 0 Å². The zero-order chi connectivity index (χ0) is 19.3. The molecule has 2 aromatic carbocycles. The SMILES string of the molecule is CC(=O)Nc1cccc(NC(=O)CN(c2ccc(Br)cc2)S(C)(=O)=O)c1. The van der Waals surface area contributed by atoms with Crippen molar-refractivity contribution in [2.24, 2.45) is 0 Å². The van der Waals surface area contributed by atoms with Gasteiger partial charge in [0.25, 0.3) is 0 Å². The van der Waals surface area contributed by atoms with Crippen molar-refractivity contribution in [2.45, 2.75) is 6.92 Å². The lowest BCUT2D eigenvalue weighted by Gasteiger charge is -2.22. The first-order chi connectivity index (χ1) is 12.1. The van der Waals surface area contributed by atoms with E-state index in [2.05, 4.69) is 26.6 Å². The fraction of sp³-hybridized carbons (Fsp3) is 0.176. The summed E-state index contributed by atoms with van der Waals surface area (Å²) in [4.78, 5) is 23.4. The van der Waals surface area contributed by atoms with E-state index in [0.717, 1.165) is 15.0 Å². The van der Waals surface area contributed by atoms with Crippen LogP contribution >= 0.6 is 15.9 Å². The summed E-state index contributed by atoms with van der Waals surface area (Å²) in [7, 11) is -3.64. The molecule has 2 N–H and O–H groups in total. The Balaban J connectivity index is 2.15. The highest BCUT2D eigenvalue weighted by Gasteiger charge is 2.21. The summed E-state index contributed by atoms with van der Waals surface area (Å²) in [6.07, 6.45) is 1.04. The molecule has 2 amide bonds. The Bertz CT molecular complexity index is 914. The van der Waals surface area contributed by atoms with Crippen LogP contribution < -0.4 is 14.9 Å². The van der Waals surface area contributed by atoms with Gasteiger partial charge in [-0.25, -0.2) is 8.42 Å². The van der Waals surface area contributed by atoms with Crippen LogP contribution in [0, 0.1) is 0 Å². The molecule has 0 radical (unpaired) electrons. The molecule has 9 heteroatoms. The highest BCUT2D eigenvalue weighted by Crippen LogP contribution is 2.21. The maximum Gasteiger partial charge on any atom is 0.245 e. The van der Waals surface area contributed by atoms with E-state index in [1.165, 1.54) is 6.92 Å². The molecule has 26 heavy (non-hydrogen) atoms. The summed E-state index contributed by atoms with van der Waals surface area (Å²) in [6.45, 7) is 1.01. The van der Waals surface area contributed by atoms with Gasteiger partial charge < -0.3 is 10.6 Å². The second kappa shape index (κ2) is 8.33. The zero-order valence-electron chi connectivity index (χ0n) is 14.2. The molecule has 0 fully saturated rings. The van der Waals surface area contributed by atoms with Gasteiger partial charge in [0.05, 0.1) is 11.9 Å². The number of anilines is 3. The molecule has 0 aliphatic carbocycles. The van der Waals surface area contributed by atoms with Crippen molar-refractivity contribution < 1.29 is 18.0 Å². The molecule has 0 atom stereocenters. The standard InChI is InChI=1S/C17H18BrN3O4S/c1-12(22)19-14-4-3-5-15(10-14)20-17(23)11-21(26(2,24)25)16-8-6-13(18)7-9-16/h3-10H,11H2,1-2H3,(H,19,22)(H,20,23).